The van der Waals surface area contributed by atoms with Crippen LogP contribution in [0.3, 0.4) is 0 Å². The molecule has 17 heavy (non-hydrogen) atoms. The van der Waals surface area contributed by atoms with Gasteiger partial charge in [-0.1, -0.05) is 0 Å². The average Bonchev–Trinajstić information content (AvgIpc) is 2.91. The molecule has 1 aromatic rings. The van der Waals surface area contributed by atoms with Crippen molar-refractivity contribution in [2.75, 3.05) is 5.32 Å². The van der Waals surface area contributed by atoms with Crippen LogP contribution in [-0.2, 0) is 4.74 Å². The van der Waals surface area contributed by atoms with E-state index in [2.05, 4.69) is 10.3 Å². The number of nitro groups is 1. The molecule has 0 aliphatic carbocycles. The Morgan fingerprint density at radius 2 is 2.35 bits per heavy atom. The second-order valence-electron chi connectivity index (χ2n) is 4.52. The van der Waals surface area contributed by atoms with Crippen molar-refractivity contribution in [1.82, 2.24) is 4.98 Å². The van der Waals surface area contributed by atoms with Gasteiger partial charge in [0.15, 0.2) is 6.20 Å². The average molecular weight is 235 g/mol. The molecule has 0 spiro atoms. The first-order valence-corrected chi connectivity index (χ1v) is 5.75. The highest BCUT2D eigenvalue weighted by atomic mass is 16.6. The van der Waals surface area contributed by atoms with E-state index in [9.17, 15) is 10.1 Å². The zero-order valence-corrected chi connectivity index (χ0v) is 9.20. The van der Waals surface area contributed by atoms with Gasteiger partial charge in [0.05, 0.1) is 23.9 Å². The van der Waals surface area contributed by atoms with Gasteiger partial charge in [0.25, 0.3) is 0 Å². The molecule has 6 nitrogen and oxygen atoms in total. The largest absolute Gasteiger partial charge is 0.377 e. The summed E-state index contributed by atoms with van der Waals surface area (Å²) < 4.78 is 5.73. The molecule has 3 atom stereocenters. The fourth-order valence-corrected chi connectivity index (χ4v) is 2.58. The topological polar surface area (TPSA) is 77.3 Å². The molecule has 2 aliphatic rings. The van der Waals surface area contributed by atoms with Crippen LogP contribution < -0.4 is 5.32 Å². The van der Waals surface area contributed by atoms with Crippen LogP contribution in [0, 0.1) is 10.1 Å². The molecule has 2 aliphatic heterocycles. The predicted molar refractivity (Wildman–Crippen MR) is 60.8 cm³/mol. The Balaban J connectivity index is 1.67. The highest BCUT2D eigenvalue weighted by Gasteiger charge is 2.40. The van der Waals surface area contributed by atoms with Crippen LogP contribution in [0.25, 0.3) is 0 Å². The molecule has 3 heterocycles. The fourth-order valence-electron chi connectivity index (χ4n) is 2.58. The third kappa shape index (κ3) is 1.95. The van der Waals surface area contributed by atoms with Gasteiger partial charge in [-0.2, -0.15) is 0 Å². The normalized spacial score (nSPS) is 30.5. The summed E-state index contributed by atoms with van der Waals surface area (Å²) >= 11 is 0. The summed E-state index contributed by atoms with van der Waals surface area (Å²) in [6.45, 7) is 0. The van der Waals surface area contributed by atoms with E-state index >= 15 is 0 Å². The van der Waals surface area contributed by atoms with E-state index in [1.807, 2.05) is 0 Å². The molecule has 1 N–H and O–H groups in total. The summed E-state index contributed by atoms with van der Waals surface area (Å²) in [6.07, 6.45) is 5.45. The van der Waals surface area contributed by atoms with Crippen molar-refractivity contribution in [3.63, 3.8) is 0 Å². The maximum absolute atomic E-state index is 10.5. The highest BCUT2D eigenvalue weighted by molar-refractivity contribution is 5.44. The third-order valence-electron chi connectivity index (χ3n) is 3.39. The number of nitrogens with zero attached hydrogens (tertiary/aromatic N) is 2. The number of fused-ring (bicyclic) bond motifs is 2. The lowest BCUT2D eigenvalue weighted by atomic mass is 9.95. The molecule has 2 saturated heterocycles. The molecule has 6 heteroatoms. The number of anilines is 1. The van der Waals surface area contributed by atoms with Gasteiger partial charge < -0.3 is 20.2 Å². The number of ether oxygens (including phenoxy) is 1. The van der Waals surface area contributed by atoms with E-state index in [1.54, 1.807) is 6.07 Å². The highest BCUT2D eigenvalue weighted by Crippen LogP contribution is 2.35. The Bertz CT molecular complexity index is 434. The van der Waals surface area contributed by atoms with Crippen molar-refractivity contribution in [3.8, 4) is 0 Å². The van der Waals surface area contributed by atoms with Crippen LogP contribution in [0.15, 0.2) is 18.3 Å². The summed E-state index contributed by atoms with van der Waals surface area (Å²) in [5, 5.41) is 13.8. The van der Waals surface area contributed by atoms with Crippen LogP contribution in [0.2, 0.25) is 0 Å². The minimum absolute atomic E-state index is 0.125. The van der Waals surface area contributed by atoms with Crippen molar-refractivity contribution >= 4 is 11.5 Å². The number of aromatic nitrogens is 1. The first-order valence-electron chi connectivity index (χ1n) is 5.75. The number of hydrogen-bond donors (Lipinski definition) is 1. The van der Waals surface area contributed by atoms with E-state index < -0.39 is 4.92 Å². The van der Waals surface area contributed by atoms with E-state index in [-0.39, 0.29) is 11.9 Å². The molecule has 0 saturated carbocycles. The first-order chi connectivity index (χ1) is 8.22. The van der Waals surface area contributed by atoms with Crippen molar-refractivity contribution in [1.29, 1.82) is 0 Å². The lowest BCUT2D eigenvalue weighted by Crippen LogP contribution is -2.30. The summed E-state index contributed by atoms with van der Waals surface area (Å²) in [7, 11) is 0. The van der Waals surface area contributed by atoms with Gasteiger partial charge in [0, 0.05) is 6.07 Å². The van der Waals surface area contributed by atoms with Gasteiger partial charge in [-0.3, -0.25) is 0 Å². The lowest BCUT2D eigenvalue weighted by Gasteiger charge is -2.20. The molecule has 0 aromatic carbocycles. The number of nitrogens with one attached hydrogen (secondary N) is 1. The maximum atomic E-state index is 10.5. The number of pyridine rings is 1. The van der Waals surface area contributed by atoms with Crippen molar-refractivity contribution in [2.24, 2.45) is 0 Å². The van der Waals surface area contributed by atoms with Crippen molar-refractivity contribution in [3.05, 3.63) is 28.4 Å². The Hall–Kier alpha value is -1.69. The van der Waals surface area contributed by atoms with E-state index in [4.69, 9.17) is 4.74 Å². The summed E-state index contributed by atoms with van der Waals surface area (Å²) in [6, 6.07) is 3.42. The van der Waals surface area contributed by atoms with Gasteiger partial charge in [-0.15, -0.1) is 0 Å². The van der Waals surface area contributed by atoms with Gasteiger partial charge >= 0.3 is 5.82 Å². The summed E-state index contributed by atoms with van der Waals surface area (Å²) in [5.74, 6) is -0.125. The fraction of sp³-hybridized carbons (Fsp3) is 0.545. The SMILES string of the molecule is O=[N+]([O-])c1ccc(NC2CC3CCC2O3)cn1. The molecular weight excluding hydrogens is 222 g/mol. The second kappa shape index (κ2) is 3.96. The van der Waals surface area contributed by atoms with Gasteiger partial charge in [-0.05, 0) is 35.2 Å². The van der Waals surface area contributed by atoms with E-state index in [0.717, 1.165) is 24.9 Å². The maximum Gasteiger partial charge on any atom is 0.363 e. The Labute approximate surface area is 98.1 Å². The predicted octanol–water partition coefficient (Wildman–Crippen LogP) is 1.72. The zero-order chi connectivity index (χ0) is 11.8. The smallest absolute Gasteiger partial charge is 0.363 e. The summed E-state index contributed by atoms with van der Waals surface area (Å²) in [4.78, 5) is 13.7. The van der Waals surface area contributed by atoms with Crippen LogP contribution >= 0.6 is 0 Å². The molecule has 0 radical (unpaired) electrons. The van der Waals surface area contributed by atoms with Crippen LogP contribution in [-0.4, -0.2) is 28.2 Å². The number of hydrogen-bond acceptors (Lipinski definition) is 5. The lowest BCUT2D eigenvalue weighted by molar-refractivity contribution is -0.389. The minimum atomic E-state index is -0.496. The van der Waals surface area contributed by atoms with Crippen LogP contribution in [0.4, 0.5) is 11.5 Å². The quantitative estimate of drug-likeness (QED) is 0.637. The van der Waals surface area contributed by atoms with E-state index in [1.165, 1.54) is 12.3 Å². The molecule has 3 unspecified atom stereocenters. The molecule has 3 rings (SSSR count). The van der Waals surface area contributed by atoms with Gasteiger partial charge in [-0.25, -0.2) is 0 Å². The number of rotatable bonds is 3. The monoisotopic (exact) mass is 235 g/mol. The molecule has 2 bridgehead atoms. The third-order valence-corrected chi connectivity index (χ3v) is 3.39. The zero-order valence-electron chi connectivity index (χ0n) is 9.20. The Kier molecular flexibility index (Phi) is 2.44. The Morgan fingerprint density at radius 1 is 1.47 bits per heavy atom. The van der Waals surface area contributed by atoms with Crippen molar-refractivity contribution in [2.45, 2.75) is 37.5 Å². The molecule has 2 fully saturated rings. The molecular formula is C11H13N3O3. The molecule has 1 aromatic heterocycles. The van der Waals surface area contributed by atoms with Crippen LogP contribution in [0.5, 0.6) is 0 Å². The Morgan fingerprint density at radius 3 is 2.88 bits per heavy atom. The minimum Gasteiger partial charge on any atom is -0.377 e. The van der Waals surface area contributed by atoms with Gasteiger partial charge in [0.2, 0.25) is 0 Å². The molecule has 0 amide bonds. The molecule has 90 valence electrons. The van der Waals surface area contributed by atoms with E-state index in [0.29, 0.717) is 12.1 Å². The second-order valence-corrected chi connectivity index (χ2v) is 4.52. The van der Waals surface area contributed by atoms with Gasteiger partial charge in [0.1, 0.15) is 0 Å². The van der Waals surface area contributed by atoms with Crippen LogP contribution in [0.1, 0.15) is 19.3 Å². The van der Waals surface area contributed by atoms with Crippen molar-refractivity contribution < 1.29 is 9.66 Å². The standard InChI is InChI=1S/C11H13N3O3/c15-14(16)11-4-1-7(6-12-11)13-9-5-8-2-3-10(9)17-8/h1,4,6,8-10,13H,2-3,5H2. The summed E-state index contributed by atoms with van der Waals surface area (Å²) in [5.41, 5.74) is 0.816. The first kappa shape index (κ1) is 10.5.